The lowest BCUT2D eigenvalue weighted by Crippen LogP contribution is -2.26. The van der Waals surface area contributed by atoms with Crippen molar-refractivity contribution in [3.8, 4) is 0 Å². The summed E-state index contributed by atoms with van der Waals surface area (Å²) >= 11 is 7.62. The Kier molecular flexibility index (Phi) is 3.31. The molecule has 1 aliphatic heterocycles. The van der Waals surface area contributed by atoms with Crippen molar-refractivity contribution in [3.63, 3.8) is 0 Å². The molecule has 1 aromatic rings. The van der Waals surface area contributed by atoms with Crippen LogP contribution in [0.15, 0.2) is 22.8 Å². The van der Waals surface area contributed by atoms with Crippen LogP contribution in [0, 0.1) is 5.92 Å². The van der Waals surface area contributed by atoms with Crippen LogP contribution in [-0.2, 0) is 4.79 Å². The Morgan fingerprint density at radius 2 is 2.47 bits per heavy atom. The average molecular weight is 287 g/mol. The predicted molar refractivity (Wildman–Crippen MR) is 66.3 cm³/mol. The molecule has 1 aromatic heterocycles. The number of thiol groups is 1. The molecule has 5 heteroatoms. The number of aromatic nitrogens is 1. The first-order valence-electron chi connectivity index (χ1n) is 4.74. The van der Waals surface area contributed by atoms with E-state index < -0.39 is 0 Å². The lowest BCUT2D eigenvalue weighted by molar-refractivity contribution is -0.117. The molecule has 2 heterocycles. The van der Waals surface area contributed by atoms with E-state index in [-0.39, 0.29) is 5.91 Å². The van der Waals surface area contributed by atoms with E-state index in [4.69, 9.17) is 0 Å². The largest absolute Gasteiger partial charge is 0.296 e. The average Bonchev–Trinajstić information content (AvgIpc) is 2.60. The third-order valence-electron chi connectivity index (χ3n) is 2.46. The van der Waals surface area contributed by atoms with Crippen LogP contribution in [0.5, 0.6) is 0 Å². The second-order valence-electron chi connectivity index (χ2n) is 3.57. The van der Waals surface area contributed by atoms with E-state index in [1.807, 2.05) is 12.1 Å². The van der Waals surface area contributed by atoms with Crippen LogP contribution in [0.4, 0.5) is 5.82 Å². The number of amides is 1. The molecular formula is C10H11BrN2OS. The summed E-state index contributed by atoms with van der Waals surface area (Å²) < 4.78 is 0.859. The summed E-state index contributed by atoms with van der Waals surface area (Å²) in [6.07, 6.45) is 2.27. The third kappa shape index (κ3) is 2.18. The van der Waals surface area contributed by atoms with Crippen LogP contribution in [0.25, 0.3) is 0 Å². The van der Waals surface area contributed by atoms with Gasteiger partial charge in [0.1, 0.15) is 5.82 Å². The van der Waals surface area contributed by atoms with E-state index in [1.165, 1.54) is 0 Å². The topological polar surface area (TPSA) is 33.2 Å². The molecule has 0 bridgehead atoms. The highest BCUT2D eigenvalue weighted by molar-refractivity contribution is 9.10. The summed E-state index contributed by atoms with van der Waals surface area (Å²) in [5, 5.41) is 0. The molecule has 0 saturated carbocycles. The van der Waals surface area contributed by atoms with E-state index in [2.05, 4.69) is 33.5 Å². The van der Waals surface area contributed by atoms with Crippen LogP contribution in [0.2, 0.25) is 0 Å². The lowest BCUT2D eigenvalue weighted by Gasteiger charge is -2.16. The minimum Gasteiger partial charge on any atom is -0.296 e. The SMILES string of the molecule is O=C1CC(CS)CN1c1ncccc1Br. The first-order chi connectivity index (χ1) is 7.22. The van der Waals surface area contributed by atoms with Crippen molar-refractivity contribution in [2.75, 3.05) is 17.2 Å². The van der Waals surface area contributed by atoms with Gasteiger partial charge in [0, 0.05) is 19.2 Å². The molecule has 0 aliphatic carbocycles. The second kappa shape index (κ2) is 4.53. The van der Waals surface area contributed by atoms with Gasteiger partial charge in [-0.1, -0.05) is 0 Å². The molecule has 0 aromatic carbocycles. The van der Waals surface area contributed by atoms with Gasteiger partial charge in [-0.3, -0.25) is 9.69 Å². The Bertz CT molecular complexity index is 385. The number of hydrogen-bond acceptors (Lipinski definition) is 3. The number of rotatable bonds is 2. The van der Waals surface area contributed by atoms with Crippen molar-refractivity contribution in [1.82, 2.24) is 4.98 Å². The first kappa shape index (κ1) is 11.0. The van der Waals surface area contributed by atoms with Crippen molar-refractivity contribution in [2.24, 2.45) is 5.92 Å². The maximum Gasteiger partial charge on any atom is 0.228 e. The van der Waals surface area contributed by atoms with E-state index >= 15 is 0 Å². The molecule has 2 rings (SSSR count). The number of anilines is 1. The van der Waals surface area contributed by atoms with Gasteiger partial charge in [0.15, 0.2) is 0 Å². The summed E-state index contributed by atoms with van der Waals surface area (Å²) in [6, 6.07) is 3.73. The molecular weight excluding hydrogens is 276 g/mol. The van der Waals surface area contributed by atoms with Crippen molar-refractivity contribution in [2.45, 2.75) is 6.42 Å². The van der Waals surface area contributed by atoms with Gasteiger partial charge in [-0.2, -0.15) is 12.6 Å². The molecule has 1 amide bonds. The Morgan fingerprint density at radius 3 is 3.07 bits per heavy atom. The standard InChI is InChI=1S/C10H11BrN2OS/c11-8-2-1-3-12-10(8)13-5-7(6-15)4-9(13)14/h1-3,7,15H,4-6H2. The Labute approximate surface area is 102 Å². The summed E-state index contributed by atoms with van der Waals surface area (Å²) in [7, 11) is 0. The fourth-order valence-corrected chi connectivity index (χ4v) is 2.40. The molecule has 1 atom stereocenters. The van der Waals surface area contributed by atoms with Gasteiger partial charge >= 0.3 is 0 Å². The minimum absolute atomic E-state index is 0.133. The summed E-state index contributed by atoms with van der Waals surface area (Å²) in [6.45, 7) is 0.720. The minimum atomic E-state index is 0.133. The van der Waals surface area contributed by atoms with Crippen LogP contribution < -0.4 is 4.90 Å². The van der Waals surface area contributed by atoms with Crippen molar-refractivity contribution in [1.29, 1.82) is 0 Å². The highest BCUT2D eigenvalue weighted by Gasteiger charge is 2.31. The van der Waals surface area contributed by atoms with Crippen LogP contribution >= 0.6 is 28.6 Å². The second-order valence-corrected chi connectivity index (χ2v) is 4.79. The molecule has 1 saturated heterocycles. The highest BCUT2D eigenvalue weighted by Crippen LogP contribution is 2.29. The normalized spacial score (nSPS) is 21.1. The summed E-state index contributed by atoms with van der Waals surface area (Å²) in [4.78, 5) is 17.7. The quantitative estimate of drug-likeness (QED) is 0.845. The van der Waals surface area contributed by atoms with Crippen molar-refractivity contribution >= 4 is 40.3 Å². The van der Waals surface area contributed by atoms with Gasteiger partial charge in [0.25, 0.3) is 0 Å². The zero-order valence-corrected chi connectivity index (χ0v) is 10.5. The third-order valence-corrected chi connectivity index (χ3v) is 3.59. The first-order valence-corrected chi connectivity index (χ1v) is 6.16. The summed E-state index contributed by atoms with van der Waals surface area (Å²) in [5.41, 5.74) is 0. The molecule has 15 heavy (non-hydrogen) atoms. The Balaban J connectivity index is 2.25. The van der Waals surface area contributed by atoms with E-state index in [9.17, 15) is 4.79 Å². The molecule has 1 fully saturated rings. The van der Waals surface area contributed by atoms with Gasteiger partial charge in [-0.05, 0) is 39.7 Å². The molecule has 0 N–H and O–H groups in total. The maximum absolute atomic E-state index is 11.7. The van der Waals surface area contributed by atoms with Crippen LogP contribution in [0.1, 0.15) is 6.42 Å². The lowest BCUT2D eigenvalue weighted by atomic mass is 10.1. The summed E-state index contributed by atoms with van der Waals surface area (Å²) in [5.74, 6) is 1.93. The van der Waals surface area contributed by atoms with Crippen LogP contribution in [0.3, 0.4) is 0 Å². The number of carbonyl (C=O) groups excluding carboxylic acids is 1. The fraction of sp³-hybridized carbons (Fsp3) is 0.400. The van der Waals surface area contributed by atoms with E-state index in [1.54, 1.807) is 11.1 Å². The highest BCUT2D eigenvalue weighted by atomic mass is 79.9. The molecule has 80 valence electrons. The molecule has 0 radical (unpaired) electrons. The molecule has 1 aliphatic rings. The predicted octanol–water partition coefficient (Wildman–Crippen LogP) is 2.13. The van der Waals surface area contributed by atoms with E-state index in [0.717, 1.165) is 16.8 Å². The van der Waals surface area contributed by atoms with Gasteiger partial charge in [0.2, 0.25) is 5.91 Å². The number of hydrogen-bond donors (Lipinski definition) is 1. The number of halogens is 1. The zero-order valence-electron chi connectivity index (χ0n) is 8.06. The van der Waals surface area contributed by atoms with Gasteiger partial charge < -0.3 is 0 Å². The Hall–Kier alpha value is -0.550. The van der Waals surface area contributed by atoms with Crippen molar-refractivity contribution < 1.29 is 4.79 Å². The molecule has 3 nitrogen and oxygen atoms in total. The zero-order chi connectivity index (χ0) is 10.8. The number of carbonyl (C=O) groups is 1. The Morgan fingerprint density at radius 1 is 1.67 bits per heavy atom. The van der Waals surface area contributed by atoms with Gasteiger partial charge in [-0.15, -0.1) is 0 Å². The van der Waals surface area contributed by atoms with Gasteiger partial charge in [-0.25, -0.2) is 4.98 Å². The molecule has 1 unspecified atom stereocenters. The maximum atomic E-state index is 11.7. The fourth-order valence-electron chi connectivity index (χ4n) is 1.68. The van der Waals surface area contributed by atoms with Gasteiger partial charge in [0.05, 0.1) is 4.47 Å². The smallest absolute Gasteiger partial charge is 0.228 e. The molecule has 0 spiro atoms. The van der Waals surface area contributed by atoms with E-state index in [0.29, 0.717) is 18.2 Å². The monoisotopic (exact) mass is 286 g/mol. The number of pyridine rings is 1. The van der Waals surface area contributed by atoms with Crippen molar-refractivity contribution in [3.05, 3.63) is 22.8 Å². The number of nitrogens with zero attached hydrogens (tertiary/aromatic N) is 2. The van der Waals surface area contributed by atoms with Crippen LogP contribution in [-0.4, -0.2) is 23.2 Å².